The van der Waals surface area contributed by atoms with Gasteiger partial charge in [-0.25, -0.2) is 0 Å². The van der Waals surface area contributed by atoms with Crippen molar-refractivity contribution < 1.29 is 4.79 Å². The van der Waals surface area contributed by atoms with Crippen LogP contribution >= 0.6 is 0 Å². The van der Waals surface area contributed by atoms with Crippen molar-refractivity contribution in [1.82, 2.24) is 0 Å². The van der Waals surface area contributed by atoms with Crippen molar-refractivity contribution in [2.24, 2.45) is 11.7 Å². The molecule has 1 aliphatic carbocycles. The molecule has 0 amide bonds. The van der Waals surface area contributed by atoms with Gasteiger partial charge >= 0.3 is 0 Å². The molecule has 0 bridgehead atoms. The third-order valence-electron chi connectivity index (χ3n) is 1.86. The van der Waals surface area contributed by atoms with Gasteiger partial charge in [0.15, 0.2) is 0 Å². The van der Waals surface area contributed by atoms with Crippen molar-refractivity contribution >= 4 is 6.29 Å². The summed E-state index contributed by atoms with van der Waals surface area (Å²) in [4.78, 5) is 10.2. The first-order chi connectivity index (χ1) is 4.33. The monoisotopic (exact) mass is 126 g/mol. The van der Waals surface area contributed by atoms with Crippen molar-refractivity contribution in [3.63, 3.8) is 0 Å². The van der Waals surface area contributed by atoms with Crippen LogP contribution in [0.1, 0.15) is 25.7 Å². The summed E-state index contributed by atoms with van der Waals surface area (Å²) in [5.41, 5.74) is 5.55. The van der Waals surface area contributed by atoms with Gasteiger partial charge in [-0.05, 0) is 25.7 Å². The number of hydrogen-bond acceptors (Lipinski definition) is 2. The van der Waals surface area contributed by atoms with Crippen LogP contribution in [-0.4, -0.2) is 6.29 Å². The fraction of sp³-hybridized carbons (Fsp3) is 0.714. The lowest BCUT2D eigenvalue weighted by atomic mass is 9.88. The molecule has 0 atom stereocenters. The van der Waals surface area contributed by atoms with Crippen LogP contribution in [0.15, 0.2) is 0 Å². The third-order valence-corrected chi connectivity index (χ3v) is 1.86. The summed E-state index contributed by atoms with van der Waals surface area (Å²) >= 11 is 0. The molecule has 0 unspecified atom stereocenters. The van der Waals surface area contributed by atoms with Crippen molar-refractivity contribution in [3.05, 3.63) is 6.04 Å². The van der Waals surface area contributed by atoms with Crippen molar-refractivity contribution in [1.29, 1.82) is 0 Å². The summed E-state index contributed by atoms with van der Waals surface area (Å²) in [5.74, 6) is 0.289. The van der Waals surface area contributed by atoms with Crippen LogP contribution in [-0.2, 0) is 4.79 Å². The number of nitrogens with two attached hydrogens (primary N) is 1. The molecule has 0 spiro atoms. The van der Waals surface area contributed by atoms with Gasteiger partial charge in [0.05, 0.1) is 0 Å². The Labute approximate surface area is 55.4 Å². The Hall–Kier alpha value is -0.370. The van der Waals surface area contributed by atoms with Gasteiger partial charge in [0.1, 0.15) is 6.29 Å². The molecule has 0 aromatic rings. The minimum absolute atomic E-state index is 0.289. The van der Waals surface area contributed by atoms with Crippen LogP contribution in [0.2, 0.25) is 0 Å². The van der Waals surface area contributed by atoms with Gasteiger partial charge in [0, 0.05) is 12.0 Å². The molecule has 1 radical (unpaired) electrons. The second-order valence-corrected chi connectivity index (χ2v) is 2.63. The van der Waals surface area contributed by atoms with Gasteiger partial charge in [-0.3, -0.25) is 0 Å². The van der Waals surface area contributed by atoms with E-state index in [4.69, 9.17) is 5.73 Å². The van der Waals surface area contributed by atoms with Gasteiger partial charge in [0.2, 0.25) is 0 Å². The van der Waals surface area contributed by atoms with E-state index in [0.717, 1.165) is 38.0 Å². The fourth-order valence-electron chi connectivity index (χ4n) is 1.15. The molecule has 0 aromatic carbocycles. The number of hydrogen-bond donors (Lipinski definition) is 1. The molecule has 2 heteroatoms. The molecule has 1 fully saturated rings. The normalized spacial score (nSPS) is 24.1. The van der Waals surface area contributed by atoms with Crippen LogP contribution < -0.4 is 5.73 Å². The Morgan fingerprint density at radius 3 is 2.44 bits per heavy atom. The quantitative estimate of drug-likeness (QED) is 0.530. The zero-order valence-corrected chi connectivity index (χ0v) is 5.47. The minimum Gasteiger partial charge on any atom is -0.324 e. The maximum absolute atomic E-state index is 10.2. The second kappa shape index (κ2) is 2.97. The summed E-state index contributed by atoms with van der Waals surface area (Å²) < 4.78 is 0. The molecule has 9 heavy (non-hydrogen) atoms. The first-order valence-corrected chi connectivity index (χ1v) is 3.38. The highest BCUT2D eigenvalue weighted by Crippen LogP contribution is 2.24. The SMILES string of the molecule is N[C]1CCC(C=O)CC1. The average molecular weight is 126 g/mol. The topological polar surface area (TPSA) is 43.1 Å². The standard InChI is InChI=1S/C7H12NO/c8-7-3-1-6(5-9)2-4-7/h5-6H,1-4,8H2. The van der Waals surface area contributed by atoms with Crippen LogP contribution in [0.25, 0.3) is 0 Å². The number of aldehydes is 1. The first-order valence-electron chi connectivity index (χ1n) is 3.38. The van der Waals surface area contributed by atoms with E-state index in [0.29, 0.717) is 0 Å². The molecular formula is C7H12NO. The second-order valence-electron chi connectivity index (χ2n) is 2.63. The van der Waals surface area contributed by atoms with Crippen LogP contribution in [0.4, 0.5) is 0 Å². The summed E-state index contributed by atoms with van der Waals surface area (Å²) in [6.07, 6.45) is 4.88. The van der Waals surface area contributed by atoms with E-state index in [2.05, 4.69) is 0 Å². The highest BCUT2D eigenvalue weighted by Gasteiger charge is 2.17. The summed E-state index contributed by atoms with van der Waals surface area (Å²) in [6, 6.07) is 1.06. The van der Waals surface area contributed by atoms with Gasteiger partial charge < -0.3 is 10.5 Å². The van der Waals surface area contributed by atoms with E-state index in [-0.39, 0.29) is 5.92 Å². The number of rotatable bonds is 1. The largest absolute Gasteiger partial charge is 0.324 e. The maximum Gasteiger partial charge on any atom is 0.123 e. The Morgan fingerprint density at radius 1 is 1.44 bits per heavy atom. The summed E-state index contributed by atoms with van der Waals surface area (Å²) in [6.45, 7) is 0. The van der Waals surface area contributed by atoms with Gasteiger partial charge in [0.25, 0.3) is 0 Å². The van der Waals surface area contributed by atoms with E-state index < -0.39 is 0 Å². The lowest BCUT2D eigenvalue weighted by Gasteiger charge is -2.20. The summed E-state index contributed by atoms with van der Waals surface area (Å²) in [7, 11) is 0. The predicted molar refractivity (Wildman–Crippen MR) is 35.5 cm³/mol. The van der Waals surface area contributed by atoms with Gasteiger partial charge in [-0.1, -0.05) is 0 Å². The molecular weight excluding hydrogens is 114 g/mol. The van der Waals surface area contributed by atoms with Crippen molar-refractivity contribution in [2.45, 2.75) is 25.7 Å². The van der Waals surface area contributed by atoms with E-state index in [1.807, 2.05) is 0 Å². The van der Waals surface area contributed by atoms with E-state index in [1.165, 1.54) is 0 Å². The van der Waals surface area contributed by atoms with Crippen molar-refractivity contribution in [2.75, 3.05) is 0 Å². The fourth-order valence-corrected chi connectivity index (χ4v) is 1.15. The van der Waals surface area contributed by atoms with Crippen molar-refractivity contribution in [3.8, 4) is 0 Å². The lowest BCUT2D eigenvalue weighted by molar-refractivity contribution is -0.111. The highest BCUT2D eigenvalue weighted by atomic mass is 16.1. The van der Waals surface area contributed by atoms with E-state index in [9.17, 15) is 4.79 Å². The Balaban J connectivity index is 2.26. The molecule has 0 heterocycles. The van der Waals surface area contributed by atoms with Crippen LogP contribution in [0, 0.1) is 12.0 Å². The molecule has 1 saturated carbocycles. The minimum atomic E-state index is 0.289. The molecule has 1 rings (SSSR count). The Bertz CT molecular complexity index is 95.1. The smallest absolute Gasteiger partial charge is 0.123 e. The molecule has 0 saturated heterocycles. The zero-order valence-electron chi connectivity index (χ0n) is 5.47. The predicted octanol–water partition coefficient (Wildman–Crippen LogP) is 0.866. The lowest BCUT2D eigenvalue weighted by Crippen LogP contribution is -2.19. The van der Waals surface area contributed by atoms with Crippen LogP contribution in [0.3, 0.4) is 0 Å². The van der Waals surface area contributed by atoms with Crippen LogP contribution in [0.5, 0.6) is 0 Å². The molecule has 0 aliphatic heterocycles. The highest BCUT2D eigenvalue weighted by molar-refractivity contribution is 5.53. The van der Waals surface area contributed by atoms with Gasteiger partial charge in [-0.2, -0.15) is 0 Å². The molecule has 2 N–H and O–H groups in total. The molecule has 1 aliphatic rings. The van der Waals surface area contributed by atoms with E-state index >= 15 is 0 Å². The number of carbonyl (C=O) groups is 1. The third kappa shape index (κ3) is 1.79. The Kier molecular flexibility index (Phi) is 2.22. The zero-order chi connectivity index (χ0) is 6.69. The average Bonchev–Trinajstić information content (AvgIpc) is 1.90. The molecule has 2 nitrogen and oxygen atoms in total. The van der Waals surface area contributed by atoms with E-state index in [1.54, 1.807) is 0 Å². The van der Waals surface area contributed by atoms with Gasteiger partial charge in [-0.15, -0.1) is 0 Å². The molecule has 0 aromatic heterocycles. The molecule has 51 valence electrons. The number of carbonyl (C=O) groups excluding carboxylic acids is 1. The summed E-state index contributed by atoms with van der Waals surface area (Å²) in [5, 5.41) is 0. The maximum atomic E-state index is 10.2. The first kappa shape index (κ1) is 6.75. The Morgan fingerprint density at radius 2 is 2.00 bits per heavy atom.